The van der Waals surface area contributed by atoms with E-state index in [4.69, 9.17) is 18.6 Å². The number of carbonyl (C=O) groups is 1. The molecule has 2 aromatic carbocycles. The number of rotatable bonds is 7. The van der Waals surface area contributed by atoms with Gasteiger partial charge in [0, 0.05) is 17.0 Å². The Balaban J connectivity index is 1.28. The lowest BCUT2D eigenvalue weighted by molar-refractivity contribution is -0.146. The summed E-state index contributed by atoms with van der Waals surface area (Å²) in [5.41, 5.74) is 1.96. The quantitative estimate of drug-likeness (QED) is 0.345. The molecule has 4 rings (SSSR count). The number of carbonyl (C=O) groups excluding carboxylic acids is 1. The summed E-state index contributed by atoms with van der Waals surface area (Å²) >= 11 is 0. The Labute approximate surface area is 165 Å². The average molecular weight is 398 g/mol. The second-order valence-electron chi connectivity index (χ2n) is 6.67. The van der Waals surface area contributed by atoms with Crippen molar-refractivity contribution in [3.63, 3.8) is 0 Å². The SMILES string of the molecule is O=C(COc1ccc2c3c(c(=O)oc2c1)CCC3)OCCOc1ccc(F)cc1. The van der Waals surface area contributed by atoms with Crippen molar-refractivity contribution in [3.05, 3.63) is 69.8 Å². The molecule has 150 valence electrons. The number of fused-ring (bicyclic) bond motifs is 3. The molecule has 1 heterocycles. The van der Waals surface area contributed by atoms with Crippen LogP contribution in [0.25, 0.3) is 11.0 Å². The van der Waals surface area contributed by atoms with Crippen LogP contribution in [0.2, 0.25) is 0 Å². The molecule has 29 heavy (non-hydrogen) atoms. The Hall–Kier alpha value is -3.35. The van der Waals surface area contributed by atoms with Crippen molar-refractivity contribution in [3.8, 4) is 11.5 Å². The van der Waals surface area contributed by atoms with Crippen LogP contribution in [0.1, 0.15) is 17.5 Å². The average Bonchev–Trinajstić information content (AvgIpc) is 3.22. The molecule has 0 amide bonds. The molecule has 0 aliphatic heterocycles. The maximum absolute atomic E-state index is 12.8. The fraction of sp³-hybridized carbons (Fsp3) is 0.273. The van der Waals surface area contributed by atoms with Gasteiger partial charge >= 0.3 is 11.6 Å². The minimum absolute atomic E-state index is 0.0400. The summed E-state index contributed by atoms with van der Waals surface area (Å²) in [6, 6.07) is 10.8. The van der Waals surface area contributed by atoms with Gasteiger partial charge < -0.3 is 18.6 Å². The highest BCUT2D eigenvalue weighted by Gasteiger charge is 2.19. The smallest absolute Gasteiger partial charge is 0.344 e. The molecule has 6 nitrogen and oxygen atoms in total. The van der Waals surface area contributed by atoms with E-state index >= 15 is 0 Å². The predicted molar refractivity (Wildman–Crippen MR) is 103 cm³/mol. The molecule has 0 N–H and O–H groups in total. The third-order valence-corrected chi connectivity index (χ3v) is 4.73. The van der Waals surface area contributed by atoms with Crippen LogP contribution in [-0.2, 0) is 22.4 Å². The van der Waals surface area contributed by atoms with Crippen molar-refractivity contribution >= 4 is 16.9 Å². The molecule has 7 heteroatoms. The van der Waals surface area contributed by atoms with Crippen LogP contribution in [0.5, 0.6) is 11.5 Å². The molecule has 1 aliphatic carbocycles. The van der Waals surface area contributed by atoms with Crippen molar-refractivity contribution < 1.29 is 27.8 Å². The topological polar surface area (TPSA) is 75.0 Å². The van der Waals surface area contributed by atoms with E-state index in [-0.39, 0.29) is 31.3 Å². The highest BCUT2D eigenvalue weighted by molar-refractivity contribution is 5.83. The van der Waals surface area contributed by atoms with Crippen LogP contribution in [-0.4, -0.2) is 25.8 Å². The summed E-state index contributed by atoms with van der Waals surface area (Å²) in [5.74, 6) is 0.00226. The Morgan fingerprint density at radius 1 is 0.966 bits per heavy atom. The fourth-order valence-corrected chi connectivity index (χ4v) is 3.38. The van der Waals surface area contributed by atoms with Gasteiger partial charge in [-0.2, -0.15) is 0 Å². The standard InChI is InChI=1S/C22H19FO6/c23-14-4-6-15(7-5-14)26-10-11-27-21(24)13-28-16-8-9-18-17-2-1-3-19(17)22(25)29-20(18)12-16/h4-9,12H,1-3,10-11,13H2. The van der Waals surface area contributed by atoms with Gasteiger partial charge in [0.05, 0.1) is 0 Å². The third kappa shape index (κ3) is 4.39. The van der Waals surface area contributed by atoms with E-state index < -0.39 is 5.97 Å². The Bertz CT molecular complexity index is 1090. The summed E-state index contributed by atoms with van der Waals surface area (Å²) in [5, 5.41) is 0.907. The van der Waals surface area contributed by atoms with E-state index in [9.17, 15) is 14.0 Å². The van der Waals surface area contributed by atoms with Crippen LogP contribution in [0.3, 0.4) is 0 Å². The van der Waals surface area contributed by atoms with Gasteiger partial charge in [0.1, 0.15) is 36.1 Å². The first kappa shape index (κ1) is 19.0. The van der Waals surface area contributed by atoms with E-state index in [1.54, 1.807) is 12.1 Å². The molecular formula is C22H19FO6. The summed E-state index contributed by atoms with van der Waals surface area (Å²) in [7, 11) is 0. The Morgan fingerprint density at radius 3 is 2.55 bits per heavy atom. The van der Waals surface area contributed by atoms with Gasteiger partial charge in [-0.25, -0.2) is 14.0 Å². The highest BCUT2D eigenvalue weighted by atomic mass is 19.1. The second kappa shape index (κ2) is 8.34. The Kier molecular flexibility index (Phi) is 5.46. The predicted octanol–water partition coefficient (Wildman–Crippen LogP) is 3.42. The molecule has 3 aromatic rings. The van der Waals surface area contributed by atoms with Gasteiger partial charge in [-0.15, -0.1) is 0 Å². The zero-order valence-corrected chi connectivity index (χ0v) is 15.6. The summed E-state index contributed by atoms with van der Waals surface area (Å²) < 4.78 is 34.0. The number of hydrogen-bond donors (Lipinski definition) is 0. The normalized spacial score (nSPS) is 12.6. The molecule has 0 fully saturated rings. The van der Waals surface area contributed by atoms with Gasteiger partial charge in [-0.1, -0.05) is 0 Å². The van der Waals surface area contributed by atoms with Crippen molar-refractivity contribution in [1.29, 1.82) is 0 Å². The molecule has 0 atom stereocenters. The van der Waals surface area contributed by atoms with E-state index in [0.717, 1.165) is 35.8 Å². The molecular weight excluding hydrogens is 379 g/mol. The molecule has 1 aromatic heterocycles. The number of halogens is 1. The fourth-order valence-electron chi connectivity index (χ4n) is 3.38. The number of ether oxygens (including phenoxy) is 3. The molecule has 1 aliphatic rings. The first-order chi connectivity index (χ1) is 14.1. The first-order valence-corrected chi connectivity index (χ1v) is 9.35. The highest BCUT2D eigenvalue weighted by Crippen LogP contribution is 2.29. The zero-order chi connectivity index (χ0) is 20.2. The Morgan fingerprint density at radius 2 is 1.72 bits per heavy atom. The van der Waals surface area contributed by atoms with Crippen LogP contribution in [0.4, 0.5) is 4.39 Å². The van der Waals surface area contributed by atoms with Crippen LogP contribution < -0.4 is 15.1 Å². The zero-order valence-electron chi connectivity index (χ0n) is 15.6. The molecule has 0 saturated heterocycles. The van der Waals surface area contributed by atoms with E-state index in [0.29, 0.717) is 17.1 Å². The largest absolute Gasteiger partial charge is 0.490 e. The van der Waals surface area contributed by atoms with Crippen molar-refractivity contribution in [1.82, 2.24) is 0 Å². The van der Waals surface area contributed by atoms with Crippen LogP contribution in [0.15, 0.2) is 51.7 Å². The van der Waals surface area contributed by atoms with Gasteiger partial charge in [-0.05, 0) is 61.2 Å². The van der Waals surface area contributed by atoms with Gasteiger partial charge in [0.25, 0.3) is 0 Å². The lowest BCUT2D eigenvalue weighted by Gasteiger charge is -2.09. The molecule has 0 spiro atoms. The van der Waals surface area contributed by atoms with E-state index in [1.165, 1.54) is 24.3 Å². The number of aryl methyl sites for hydroxylation is 1. The van der Waals surface area contributed by atoms with Crippen molar-refractivity contribution in [2.45, 2.75) is 19.3 Å². The molecule has 0 radical (unpaired) electrons. The molecule has 0 unspecified atom stereocenters. The first-order valence-electron chi connectivity index (χ1n) is 9.35. The lowest BCUT2D eigenvalue weighted by atomic mass is 10.1. The summed E-state index contributed by atoms with van der Waals surface area (Å²) in [4.78, 5) is 23.9. The monoisotopic (exact) mass is 398 g/mol. The minimum atomic E-state index is -0.553. The lowest BCUT2D eigenvalue weighted by Crippen LogP contribution is -2.18. The van der Waals surface area contributed by atoms with Gasteiger partial charge in [-0.3, -0.25) is 0 Å². The number of benzene rings is 2. The number of hydrogen-bond acceptors (Lipinski definition) is 6. The molecule has 0 saturated carbocycles. The van der Waals surface area contributed by atoms with Gasteiger partial charge in [0.2, 0.25) is 0 Å². The van der Waals surface area contributed by atoms with Crippen molar-refractivity contribution in [2.75, 3.05) is 19.8 Å². The maximum Gasteiger partial charge on any atom is 0.344 e. The minimum Gasteiger partial charge on any atom is -0.490 e. The second-order valence-corrected chi connectivity index (χ2v) is 6.67. The van der Waals surface area contributed by atoms with E-state index in [1.807, 2.05) is 6.07 Å². The van der Waals surface area contributed by atoms with Crippen molar-refractivity contribution in [2.24, 2.45) is 0 Å². The van der Waals surface area contributed by atoms with Crippen LogP contribution in [0, 0.1) is 5.82 Å². The third-order valence-electron chi connectivity index (χ3n) is 4.73. The summed E-state index contributed by atoms with van der Waals surface area (Å²) in [6.07, 6.45) is 2.57. The summed E-state index contributed by atoms with van der Waals surface area (Å²) in [6.45, 7) is -0.0981. The van der Waals surface area contributed by atoms with E-state index in [2.05, 4.69) is 0 Å². The maximum atomic E-state index is 12.8. The van der Waals surface area contributed by atoms with Gasteiger partial charge in [0.15, 0.2) is 6.61 Å². The number of esters is 1. The molecule has 0 bridgehead atoms. The van der Waals surface area contributed by atoms with Crippen LogP contribution >= 0.6 is 0 Å².